The first-order valence-electron chi connectivity index (χ1n) is 10.9. The average Bonchev–Trinajstić information content (AvgIpc) is 2.78. The van der Waals surface area contributed by atoms with E-state index in [2.05, 4.69) is 9.71 Å². The van der Waals surface area contributed by atoms with Crippen molar-refractivity contribution in [1.29, 1.82) is 0 Å². The molecule has 0 fully saturated rings. The molecule has 0 radical (unpaired) electrons. The Morgan fingerprint density at radius 2 is 1.94 bits per heavy atom. The van der Waals surface area contributed by atoms with E-state index < -0.39 is 27.3 Å². The summed E-state index contributed by atoms with van der Waals surface area (Å²) in [6, 6.07) is 10.7. The van der Waals surface area contributed by atoms with Gasteiger partial charge in [0.15, 0.2) is 5.84 Å². The lowest BCUT2D eigenvalue weighted by molar-refractivity contribution is 0.0526. The maximum Gasteiger partial charge on any atom is 0.338 e. The minimum atomic E-state index is -4.08. The van der Waals surface area contributed by atoms with E-state index in [0.29, 0.717) is 18.5 Å². The predicted octanol–water partition coefficient (Wildman–Crippen LogP) is 3.49. The van der Waals surface area contributed by atoms with Crippen LogP contribution in [0.3, 0.4) is 0 Å². The number of nitrogens with one attached hydrogen (secondary N) is 1. The topological polar surface area (TPSA) is 127 Å². The number of ether oxygens (including phenoxy) is 1. The number of pyridine rings is 1. The van der Waals surface area contributed by atoms with Gasteiger partial charge in [0, 0.05) is 11.9 Å². The Labute approximate surface area is 196 Å². The predicted molar refractivity (Wildman–Crippen MR) is 129 cm³/mol. The molecular weight excluding hydrogens is 458 g/mol. The van der Waals surface area contributed by atoms with Crippen molar-refractivity contribution in [2.45, 2.75) is 38.6 Å². The van der Waals surface area contributed by atoms with Gasteiger partial charge in [-0.05, 0) is 49.6 Å². The summed E-state index contributed by atoms with van der Waals surface area (Å²) >= 11 is 0. The fourth-order valence-electron chi connectivity index (χ4n) is 3.82. The monoisotopic (exact) mass is 483 g/mol. The van der Waals surface area contributed by atoms with E-state index in [1.807, 2.05) is 13.8 Å². The molecule has 2 N–H and O–H groups in total. The highest BCUT2D eigenvalue weighted by molar-refractivity contribution is 7.90. The number of aromatic hydroxyl groups is 1. The van der Waals surface area contributed by atoms with E-state index in [-0.39, 0.29) is 45.5 Å². The molecule has 0 unspecified atom stereocenters. The van der Waals surface area contributed by atoms with Crippen molar-refractivity contribution in [3.8, 4) is 5.75 Å². The summed E-state index contributed by atoms with van der Waals surface area (Å²) in [6.07, 6.45) is 0.643. The summed E-state index contributed by atoms with van der Waals surface area (Å²) in [5, 5.41) is 14.3. The minimum absolute atomic E-state index is 0.0155. The minimum Gasteiger partial charge on any atom is -0.506 e. The zero-order valence-electron chi connectivity index (χ0n) is 19.0. The van der Waals surface area contributed by atoms with Crippen molar-refractivity contribution in [1.82, 2.24) is 4.57 Å². The van der Waals surface area contributed by atoms with Gasteiger partial charge >= 0.3 is 5.97 Å². The normalized spacial score (nSPS) is 14.4. The van der Waals surface area contributed by atoms with Gasteiger partial charge in [-0.25, -0.2) is 4.79 Å². The second kappa shape index (κ2) is 8.94. The Balaban J connectivity index is 1.97. The van der Waals surface area contributed by atoms with Crippen LogP contribution >= 0.6 is 0 Å². The summed E-state index contributed by atoms with van der Waals surface area (Å²) in [5.41, 5.74) is -0.0237. The first-order chi connectivity index (χ1) is 16.1. The fraction of sp³-hybridized carbons (Fsp3) is 0.292. The number of benzene rings is 2. The third-order valence-corrected chi connectivity index (χ3v) is 6.88. The third-order valence-electron chi connectivity index (χ3n) is 5.55. The Kier molecular flexibility index (Phi) is 6.18. The number of esters is 1. The summed E-state index contributed by atoms with van der Waals surface area (Å²) in [7, 11) is -4.08. The molecule has 9 nitrogen and oxygen atoms in total. The van der Waals surface area contributed by atoms with Crippen molar-refractivity contribution in [3.05, 3.63) is 63.9 Å². The van der Waals surface area contributed by atoms with Crippen molar-refractivity contribution < 1.29 is 23.1 Å². The van der Waals surface area contributed by atoms with Gasteiger partial charge in [0.1, 0.15) is 16.2 Å². The first kappa shape index (κ1) is 23.5. The van der Waals surface area contributed by atoms with Gasteiger partial charge in [-0.3, -0.25) is 4.79 Å². The fourth-order valence-corrected chi connectivity index (χ4v) is 4.95. The van der Waals surface area contributed by atoms with Crippen LogP contribution in [0.25, 0.3) is 10.9 Å². The number of aromatic nitrogens is 1. The summed E-state index contributed by atoms with van der Waals surface area (Å²) in [6.45, 7) is 6.20. The zero-order chi connectivity index (χ0) is 24.6. The SMILES string of the molecule is CCOC(=O)c1ccc2c(O)c(C3=NS(=O)(=O)c4ccccc4N3)c(=O)n(CCC(C)C)c2c1. The van der Waals surface area contributed by atoms with Gasteiger partial charge in [0.25, 0.3) is 15.6 Å². The van der Waals surface area contributed by atoms with Crippen LogP contribution in [-0.4, -0.2) is 36.5 Å². The van der Waals surface area contributed by atoms with E-state index in [0.717, 1.165) is 0 Å². The van der Waals surface area contributed by atoms with E-state index in [1.165, 1.54) is 28.8 Å². The van der Waals surface area contributed by atoms with Gasteiger partial charge in [0.2, 0.25) is 0 Å². The lowest BCUT2D eigenvalue weighted by Crippen LogP contribution is -2.33. The molecule has 3 aromatic rings. The van der Waals surface area contributed by atoms with Gasteiger partial charge in [0.05, 0.1) is 23.4 Å². The molecule has 2 heterocycles. The van der Waals surface area contributed by atoms with Crippen LogP contribution in [0.5, 0.6) is 5.75 Å². The van der Waals surface area contributed by atoms with E-state index in [4.69, 9.17) is 4.74 Å². The van der Waals surface area contributed by atoms with Crippen LogP contribution in [0.1, 0.15) is 43.1 Å². The Bertz CT molecular complexity index is 1490. The molecule has 0 atom stereocenters. The summed E-state index contributed by atoms with van der Waals surface area (Å²) in [5.74, 6) is -0.949. The zero-order valence-corrected chi connectivity index (χ0v) is 19.8. The highest BCUT2D eigenvalue weighted by Crippen LogP contribution is 2.32. The Hall–Kier alpha value is -3.66. The molecule has 10 heteroatoms. The number of fused-ring (bicyclic) bond motifs is 2. The number of nitrogens with zero attached hydrogens (tertiary/aromatic N) is 2. The second-order valence-corrected chi connectivity index (χ2v) is 9.92. The number of para-hydroxylation sites is 1. The number of carbonyl (C=O) groups is 1. The average molecular weight is 484 g/mol. The number of anilines is 1. The molecular formula is C24H25N3O6S. The number of aryl methyl sites for hydroxylation is 1. The molecule has 0 amide bonds. The Morgan fingerprint density at radius 3 is 2.65 bits per heavy atom. The molecule has 2 aromatic carbocycles. The molecule has 1 aliphatic heterocycles. The number of hydrogen-bond acceptors (Lipinski definition) is 7. The van der Waals surface area contributed by atoms with Crippen LogP contribution in [0.4, 0.5) is 5.69 Å². The molecule has 1 aromatic heterocycles. The van der Waals surface area contributed by atoms with Crippen LogP contribution in [0.2, 0.25) is 0 Å². The van der Waals surface area contributed by atoms with Crippen LogP contribution in [0, 0.1) is 5.92 Å². The van der Waals surface area contributed by atoms with Crippen molar-refractivity contribution in [2.24, 2.45) is 10.3 Å². The number of rotatable bonds is 6. The molecule has 0 bridgehead atoms. The molecule has 1 aliphatic rings. The highest BCUT2D eigenvalue weighted by atomic mass is 32.2. The van der Waals surface area contributed by atoms with Crippen LogP contribution in [-0.2, 0) is 21.3 Å². The van der Waals surface area contributed by atoms with Gasteiger partial charge in [-0.1, -0.05) is 26.0 Å². The standard InChI is InChI=1S/C24H25N3O6S/c1-4-33-24(30)15-9-10-16-18(13-15)27(12-11-14(2)3)23(29)20(21(16)28)22-25-17-7-5-6-8-19(17)34(31,32)26-22/h5-10,13-14,28H,4,11-12H2,1-3H3,(H,25,26). The quantitative estimate of drug-likeness (QED) is 0.514. The van der Waals surface area contributed by atoms with E-state index in [1.54, 1.807) is 25.1 Å². The van der Waals surface area contributed by atoms with Crippen molar-refractivity contribution >= 4 is 38.4 Å². The van der Waals surface area contributed by atoms with Crippen LogP contribution in [0.15, 0.2) is 56.6 Å². The lowest BCUT2D eigenvalue weighted by atomic mass is 10.0. The lowest BCUT2D eigenvalue weighted by Gasteiger charge is -2.21. The second-order valence-electron chi connectivity index (χ2n) is 8.35. The highest BCUT2D eigenvalue weighted by Gasteiger charge is 2.30. The smallest absolute Gasteiger partial charge is 0.338 e. The van der Waals surface area contributed by atoms with E-state index in [9.17, 15) is 23.1 Å². The molecule has 0 saturated heterocycles. The maximum absolute atomic E-state index is 13.6. The number of amidine groups is 1. The number of carbonyl (C=O) groups excluding carboxylic acids is 1. The van der Waals surface area contributed by atoms with Crippen molar-refractivity contribution in [3.63, 3.8) is 0 Å². The molecule has 0 aliphatic carbocycles. The third kappa shape index (κ3) is 4.16. The maximum atomic E-state index is 13.6. The molecule has 0 saturated carbocycles. The van der Waals surface area contributed by atoms with Crippen molar-refractivity contribution in [2.75, 3.05) is 11.9 Å². The van der Waals surface area contributed by atoms with Crippen LogP contribution < -0.4 is 10.9 Å². The summed E-state index contributed by atoms with van der Waals surface area (Å²) in [4.78, 5) is 25.9. The Morgan fingerprint density at radius 1 is 1.21 bits per heavy atom. The molecule has 34 heavy (non-hydrogen) atoms. The van der Waals surface area contributed by atoms with Gasteiger partial charge in [-0.2, -0.15) is 8.42 Å². The number of sulfonamides is 1. The largest absolute Gasteiger partial charge is 0.506 e. The van der Waals surface area contributed by atoms with Gasteiger partial charge in [-0.15, -0.1) is 4.40 Å². The van der Waals surface area contributed by atoms with Gasteiger partial charge < -0.3 is 19.7 Å². The molecule has 178 valence electrons. The van der Waals surface area contributed by atoms with E-state index >= 15 is 0 Å². The first-order valence-corrected chi connectivity index (χ1v) is 12.4. The summed E-state index contributed by atoms with van der Waals surface area (Å²) < 4.78 is 35.8. The molecule has 0 spiro atoms. The molecule has 4 rings (SSSR count). The number of hydrogen-bond donors (Lipinski definition) is 2.